The van der Waals surface area contributed by atoms with Crippen LogP contribution in [0.2, 0.25) is 0 Å². The van der Waals surface area contributed by atoms with Crippen LogP contribution in [-0.2, 0) is 0 Å². The number of rotatable bonds is 4. The summed E-state index contributed by atoms with van der Waals surface area (Å²) in [5.74, 6) is -0.593. The number of nitrogens with one attached hydrogen (secondary N) is 3. The molecule has 7 nitrogen and oxygen atoms in total. The number of amides is 2. The fourth-order valence-electron chi connectivity index (χ4n) is 2.12. The smallest absolute Gasteiger partial charge is 0.262 e. The molecule has 0 bridgehead atoms. The summed E-state index contributed by atoms with van der Waals surface area (Å²) in [6.07, 6.45) is 3.76. The predicted molar refractivity (Wildman–Crippen MR) is 87.1 cm³/mol. The summed E-state index contributed by atoms with van der Waals surface area (Å²) in [4.78, 5) is 42.0. The molecule has 3 aromatic rings. The monoisotopic (exact) mass is 328 g/mol. The second-order valence-electron chi connectivity index (χ2n) is 4.69. The van der Waals surface area contributed by atoms with Gasteiger partial charge in [0.25, 0.3) is 11.8 Å². The molecule has 2 amide bonds. The molecule has 0 saturated carbocycles. The summed E-state index contributed by atoms with van der Waals surface area (Å²) in [7, 11) is 1.53. The van der Waals surface area contributed by atoms with Gasteiger partial charge >= 0.3 is 0 Å². The van der Waals surface area contributed by atoms with Crippen molar-refractivity contribution < 1.29 is 14.4 Å². The van der Waals surface area contributed by atoms with Crippen LogP contribution in [0.1, 0.15) is 30.4 Å². The molecule has 0 saturated heterocycles. The van der Waals surface area contributed by atoms with E-state index in [2.05, 4.69) is 20.6 Å². The van der Waals surface area contributed by atoms with Crippen LogP contribution in [-0.4, -0.2) is 35.1 Å². The number of thiazole rings is 1. The van der Waals surface area contributed by atoms with Crippen molar-refractivity contribution >= 4 is 45.5 Å². The molecule has 2 heterocycles. The Bertz CT molecular complexity index is 912. The Morgan fingerprint density at radius 1 is 1.30 bits per heavy atom. The average Bonchev–Trinajstić information content (AvgIpc) is 3.19. The second-order valence-corrected chi connectivity index (χ2v) is 5.72. The number of aldehydes is 1. The third-order valence-electron chi connectivity index (χ3n) is 3.28. The van der Waals surface area contributed by atoms with E-state index < -0.39 is 0 Å². The van der Waals surface area contributed by atoms with Gasteiger partial charge in [-0.05, 0) is 12.1 Å². The summed E-state index contributed by atoms with van der Waals surface area (Å²) in [6, 6.07) is 5.00. The number of H-pyrrole nitrogens is 1. The van der Waals surface area contributed by atoms with Gasteiger partial charge in [0.05, 0.1) is 6.20 Å². The van der Waals surface area contributed by atoms with Crippen molar-refractivity contribution in [3.05, 3.63) is 46.6 Å². The standard InChI is InChI=1S/C15H12N4O3S/c1-16-14(22)12-6-18-15(23-12)19-13(21)8-2-3-10-9(7-20)5-17-11(10)4-8/h2-7,17H,1H3,(H,16,22)(H,18,19,21). The van der Waals surface area contributed by atoms with E-state index in [1.165, 1.54) is 13.2 Å². The van der Waals surface area contributed by atoms with Gasteiger partial charge < -0.3 is 10.3 Å². The summed E-state index contributed by atoms with van der Waals surface area (Å²) < 4.78 is 0. The lowest BCUT2D eigenvalue weighted by atomic mass is 10.1. The molecule has 3 N–H and O–H groups in total. The van der Waals surface area contributed by atoms with Crippen LogP contribution in [0.4, 0.5) is 5.13 Å². The molecule has 2 aromatic heterocycles. The number of aromatic amines is 1. The van der Waals surface area contributed by atoms with Gasteiger partial charge in [0.15, 0.2) is 11.4 Å². The maximum atomic E-state index is 12.3. The van der Waals surface area contributed by atoms with E-state index in [4.69, 9.17) is 0 Å². The van der Waals surface area contributed by atoms with Gasteiger partial charge in [-0.2, -0.15) is 0 Å². The molecule has 0 aliphatic rings. The van der Waals surface area contributed by atoms with Gasteiger partial charge in [-0.1, -0.05) is 17.4 Å². The summed E-state index contributed by atoms with van der Waals surface area (Å²) in [5.41, 5.74) is 1.67. The Hall–Kier alpha value is -3.00. The van der Waals surface area contributed by atoms with Crippen molar-refractivity contribution in [3.63, 3.8) is 0 Å². The topological polar surface area (TPSA) is 104 Å². The number of hydrogen-bond acceptors (Lipinski definition) is 5. The Kier molecular flexibility index (Phi) is 3.90. The van der Waals surface area contributed by atoms with E-state index >= 15 is 0 Å². The number of nitrogens with zero attached hydrogens (tertiary/aromatic N) is 1. The van der Waals surface area contributed by atoms with Crippen molar-refractivity contribution in [2.24, 2.45) is 0 Å². The fourth-order valence-corrected chi connectivity index (χ4v) is 2.87. The molecule has 0 unspecified atom stereocenters. The maximum absolute atomic E-state index is 12.3. The fraction of sp³-hybridized carbons (Fsp3) is 0.0667. The first kappa shape index (κ1) is 14.9. The molecular weight excluding hydrogens is 316 g/mol. The molecule has 0 radical (unpaired) electrons. The largest absolute Gasteiger partial charge is 0.360 e. The third kappa shape index (κ3) is 2.84. The Morgan fingerprint density at radius 3 is 2.87 bits per heavy atom. The number of carbonyl (C=O) groups excluding carboxylic acids is 3. The van der Waals surface area contributed by atoms with E-state index in [1.54, 1.807) is 24.4 Å². The summed E-state index contributed by atoms with van der Waals surface area (Å²) in [6.45, 7) is 0. The number of carbonyl (C=O) groups is 3. The molecule has 23 heavy (non-hydrogen) atoms. The summed E-state index contributed by atoms with van der Waals surface area (Å²) >= 11 is 1.09. The molecular formula is C15H12N4O3S. The molecule has 0 atom stereocenters. The molecule has 1 aromatic carbocycles. The number of anilines is 1. The molecule has 0 aliphatic heterocycles. The lowest BCUT2D eigenvalue weighted by Gasteiger charge is -2.02. The Morgan fingerprint density at radius 2 is 2.13 bits per heavy atom. The first-order valence-corrected chi connectivity index (χ1v) is 7.49. The molecule has 116 valence electrons. The van der Waals surface area contributed by atoms with E-state index in [1.807, 2.05) is 0 Å². The quantitative estimate of drug-likeness (QED) is 0.638. The highest BCUT2D eigenvalue weighted by atomic mass is 32.1. The van der Waals surface area contributed by atoms with Gasteiger partial charge in [0.1, 0.15) is 4.88 Å². The lowest BCUT2D eigenvalue weighted by molar-refractivity contribution is 0.0965. The van der Waals surface area contributed by atoms with Crippen LogP contribution in [0, 0.1) is 0 Å². The van der Waals surface area contributed by atoms with Crippen LogP contribution in [0.15, 0.2) is 30.6 Å². The number of aromatic nitrogens is 2. The van der Waals surface area contributed by atoms with Crippen LogP contribution in [0.25, 0.3) is 10.9 Å². The average molecular weight is 328 g/mol. The molecule has 0 aliphatic carbocycles. The van der Waals surface area contributed by atoms with E-state index in [-0.39, 0.29) is 11.8 Å². The molecule has 3 rings (SSSR count). The zero-order valence-electron chi connectivity index (χ0n) is 12.0. The normalized spacial score (nSPS) is 10.5. The predicted octanol–water partition coefficient (Wildman–Crippen LogP) is 2.05. The van der Waals surface area contributed by atoms with Crippen molar-refractivity contribution in [1.82, 2.24) is 15.3 Å². The van der Waals surface area contributed by atoms with Crippen LogP contribution < -0.4 is 10.6 Å². The zero-order chi connectivity index (χ0) is 16.4. The first-order valence-electron chi connectivity index (χ1n) is 6.68. The SMILES string of the molecule is CNC(=O)c1cnc(NC(=O)c2ccc3c(C=O)c[nH]c3c2)s1. The lowest BCUT2D eigenvalue weighted by Crippen LogP contribution is -2.16. The minimum absolute atomic E-state index is 0.253. The first-order chi connectivity index (χ1) is 11.1. The van der Waals surface area contributed by atoms with Crippen LogP contribution in [0.3, 0.4) is 0 Å². The van der Waals surface area contributed by atoms with E-state index in [9.17, 15) is 14.4 Å². The molecule has 0 fully saturated rings. The van der Waals surface area contributed by atoms with Gasteiger partial charge in [0.2, 0.25) is 0 Å². The van der Waals surface area contributed by atoms with E-state index in [0.717, 1.165) is 23.0 Å². The van der Waals surface area contributed by atoms with Gasteiger partial charge in [-0.15, -0.1) is 0 Å². The Labute approximate surface area is 134 Å². The highest BCUT2D eigenvalue weighted by molar-refractivity contribution is 7.17. The number of benzene rings is 1. The maximum Gasteiger partial charge on any atom is 0.262 e. The number of hydrogen-bond donors (Lipinski definition) is 3. The molecule has 0 spiro atoms. The molecule has 8 heteroatoms. The Balaban J connectivity index is 1.81. The highest BCUT2D eigenvalue weighted by Crippen LogP contribution is 2.21. The zero-order valence-corrected chi connectivity index (χ0v) is 12.9. The van der Waals surface area contributed by atoms with Gasteiger partial charge in [-0.3, -0.25) is 19.7 Å². The highest BCUT2D eigenvalue weighted by Gasteiger charge is 2.13. The van der Waals surface area contributed by atoms with Gasteiger partial charge in [-0.25, -0.2) is 4.98 Å². The van der Waals surface area contributed by atoms with Gasteiger partial charge in [0, 0.05) is 35.3 Å². The van der Waals surface area contributed by atoms with Crippen molar-refractivity contribution in [2.75, 3.05) is 12.4 Å². The van der Waals surface area contributed by atoms with Crippen molar-refractivity contribution in [3.8, 4) is 0 Å². The van der Waals surface area contributed by atoms with Crippen molar-refractivity contribution in [2.45, 2.75) is 0 Å². The van der Waals surface area contributed by atoms with Crippen molar-refractivity contribution in [1.29, 1.82) is 0 Å². The second kappa shape index (κ2) is 6.01. The van der Waals surface area contributed by atoms with Crippen LogP contribution in [0.5, 0.6) is 0 Å². The van der Waals surface area contributed by atoms with E-state index in [0.29, 0.717) is 26.7 Å². The number of fused-ring (bicyclic) bond motifs is 1. The summed E-state index contributed by atoms with van der Waals surface area (Å²) in [5, 5.41) is 6.24. The minimum atomic E-state index is -0.341. The minimum Gasteiger partial charge on any atom is -0.360 e. The third-order valence-corrected chi connectivity index (χ3v) is 4.19. The van der Waals surface area contributed by atoms with Crippen LogP contribution >= 0.6 is 11.3 Å².